The van der Waals surface area contributed by atoms with Crippen LogP contribution in [0.4, 0.5) is 13.2 Å². The first-order valence-corrected chi connectivity index (χ1v) is 9.20. The Morgan fingerprint density at radius 1 is 1.29 bits per heavy atom. The van der Waals surface area contributed by atoms with E-state index < -0.39 is 30.1 Å². The zero-order valence-corrected chi connectivity index (χ0v) is 15.0. The monoisotopic (exact) mass is 398 g/mol. The molecule has 1 saturated carbocycles. The molecule has 2 aliphatic rings. The van der Waals surface area contributed by atoms with E-state index in [1.54, 1.807) is 0 Å². The maximum absolute atomic E-state index is 12.8. The fourth-order valence-corrected chi connectivity index (χ4v) is 3.96. The Morgan fingerprint density at radius 2 is 2.04 bits per heavy atom. The number of fused-ring (bicyclic) bond motifs is 1. The van der Waals surface area contributed by atoms with E-state index in [0.29, 0.717) is 19.6 Å². The zero-order chi connectivity index (χ0) is 19.9. The molecule has 3 N–H and O–H groups in total. The van der Waals surface area contributed by atoms with Crippen molar-refractivity contribution in [2.24, 2.45) is 0 Å². The number of benzene rings is 1. The number of aliphatic hydroxyl groups is 1. The molecule has 10 heteroatoms. The predicted octanol–water partition coefficient (Wildman–Crippen LogP) is 1.54. The number of aromatic nitrogens is 2. The van der Waals surface area contributed by atoms with Crippen LogP contribution in [-0.4, -0.2) is 70.4 Å². The number of carbonyl (C=O) groups excluding carboxylic acids is 1. The lowest BCUT2D eigenvalue weighted by Gasteiger charge is -2.34. The molecule has 0 radical (unpaired) electrons. The van der Waals surface area contributed by atoms with Crippen LogP contribution < -0.4 is 5.32 Å². The predicted molar refractivity (Wildman–Crippen MR) is 93.8 cm³/mol. The fraction of sp³-hybridized carbons (Fsp3) is 0.556. The van der Waals surface area contributed by atoms with Crippen LogP contribution in [0.15, 0.2) is 18.2 Å². The first-order chi connectivity index (χ1) is 13.3. The summed E-state index contributed by atoms with van der Waals surface area (Å²) >= 11 is 0. The molecule has 1 amide bonds. The van der Waals surface area contributed by atoms with Crippen LogP contribution in [0.25, 0.3) is 11.0 Å². The zero-order valence-electron chi connectivity index (χ0n) is 15.0. The normalized spacial score (nSPS) is 26.6. The van der Waals surface area contributed by atoms with Gasteiger partial charge in [-0.05, 0) is 31.0 Å². The van der Waals surface area contributed by atoms with Crippen LogP contribution in [0.1, 0.15) is 29.0 Å². The largest absolute Gasteiger partial charge is 0.449 e. The molecule has 0 unspecified atom stereocenters. The number of hydrogen-bond acceptors (Lipinski definition) is 5. The first-order valence-electron chi connectivity index (χ1n) is 9.20. The maximum atomic E-state index is 12.8. The molecule has 1 aromatic carbocycles. The van der Waals surface area contributed by atoms with Gasteiger partial charge in [0.15, 0.2) is 0 Å². The van der Waals surface area contributed by atoms with Gasteiger partial charge >= 0.3 is 6.18 Å². The van der Waals surface area contributed by atoms with Crippen LogP contribution in [0.5, 0.6) is 0 Å². The number of nitrogens with one attached hydrogen (secondary N) is 2. The molecule has 28 heavy (non-hydrogen) atoms. The molecule has 2 fully saturated rings. The van der Waals surface area contributed by atoms with Crippen LogP contribution in [0, 0.1) is 0 Å². The summed E-state index contributed by atoms with van der Waals surface area (Å²) in [6.07, 6.45) is -3.88. The van der Waals surface area contributed by atoms with Gasteiger partial charge in [0.25, 0.3) is 5.91 Å². The molecule has 2 aromatic rings. The van der Waals surface area contributed by atoms with E-state index >= 15 is 0 Å². The van der Waals surface area contributed by atoms with Crippen molar-refractivity contribution < 1.29 is 27.8 Å². The molecule has 1 saturated heterocycles. The van der Waals surface area contributed by atoms with Gasteiger partial charge in [0, 0.05) is 24.7 Å². The standard InChI is InChI=1S/C18H21F3N4O3/c19-18(20,21)17-23-11-2-1-10(9-13(11)24-17)16(27)22-12-3-4-14(15(12)26)25-5-7-28-8-6-25/h1-2,9,12,14-15,26H,3-8H2,(H,22,27)(H,23,24)/t12-,14-,15-/m1/s1. The van der Waals surface area contributed by atoms with Gasteiger partial charge < -0.3 is 20.1 Å². The summed E-state index contributed by atoms with van der Waals surface area (Å²) in [5, 5.41) is 13.4. The van der Waals surface area contributed by atoms with E-state index in [0.717, 1.165) is 19.5 Å². The van der Waals surface area contributed by atoms with E-state index in [1.165, 1.54) is 18.2 Å². The highest BCUT2D eigenvalue weighted by Gasteiger charge is 2.39. The Hall–Kier alpha value is -2.17. The quantitative estimate of drug-likeness (QED) is 0.730. The number of H-pyrrole nitrogens is 1. The van der Waals surface area contributed by atoms with E-state index in [9.17, 15) is 23.1 Å². The summed E-state index contributed by atoms with van der Waals surface area (Å²) in [6.45, 7) is 2.76. The summed E-state index contributed by atoms with van der Waals surface area (Å²) in [7, 11) is 0. The Morgan fingerprint density at radius 3 is 2.75 bits per heavy atom. The molecular weight excluding hydrogens is 377 g/mol. The summed E-state index contributed by atoms with van der Waals surface area (Å²) in [4.78, 5) is 20.4. The molecular formula is C18H21F3N4O3. The smallest absolute Gasteiger partial charge is 0.389 e. The first kappa shape index (κ1) is 19.2. The Balaban J connectivity index is 1.44. The lowest BCUT2D eigenvalue weighted by atomic mass is 10.1. The number of ether oxygens (including phenoxy) is 1. The molecule has 4 rings (SSSR count). The second-order valence-corrected chi connectivity index (χ2v) is 7.18. The number of hydrogen-bond donors (Lipinski definition) is 3. The van der Waals surface area contributed by atoms with Gasteiger partial charge in [-0.2, -0.15) is 13.2 Å². The van der Waals surface area contributed by atoms with Crippen molar-refractivity contribution in [1.29, 1.82) is 0 Å². The highest BCUT2D eigenvalue weighted by atomic mass is 19.4. The number of imidazole rings is 1. The molecule has 152 valence electrons. The number of aromatic amines is 1. The van der Waals surface area contributed by atoms with Crippen LogP contribution >= 0.6 is 0 Å². The minimum Gasteiger partial charge on any atom is -0.389 e. The van der Waals surface area contributed by atoms with Crippen LogP contribution in [0.3, 0.4) is 0 Å². The van der Waals surface area contributed by atoms with Gasteiger partial charge in [0.2, 0.25) is 5.82 Å². The highest BCUT2D eigenvalue weighted by Crippen LogP contribution is 2.29. The molecule has 1 aromatic heterocycles. The number of amides is 1. The summed E-state index contributed by atoms with van der Waals surface area (Å²) in [6, 6.07) is 3.72. The van der Waals surface area contributed by atoms with Gasteiger partial charge in [0.1, 0.15) is 0 Å². The van der Waals surface area contributed by atoms with Crippen molar-refractivity contribution in [2.45, 2.75) is 37.2 Å². The van der Waals surface area contributed by atoms with Crippen molar-refractivity contribution >= 4 is 16.9 Å². The van der Waals surface area contributed by atoms with Crippen molar-refractivity contribution in [3.05, 3.63) is 29.6 Å². The SMILES string of the molecule is O=C(N[C@@H]1CC[C@@H](N2CCOCC2)[C@@H]1O)c1ccc2nc(C(F)(F)F)[nH]c2c1. The Bertz CT molecular complexity index is 863. The van der Waals surface area contributed by atoms with Gasteiger partial charge in [-0.15, -0.1) is 0 Å². The lowest BCUT2D eigenvalue weighted by Crippen LogP contribution is -2.51. The van der Waals surface area contributed by atoms with Crippen molar-refractivity contribution in [3.63, 3.8) is 0 Å². The molecule has 1 aliphatic carbocycles. The third kappa shape index (κ3) is 3.71. The molecule has 1 aliphatic heterocycles. The molecule has 0 spiro atoms. The average molecular weight is 398 g/mol. The van der Waals surface area contributed by atoms with Crippen LogP contribution in [-0.2, 0) is 10.9 Å². The van der Waals surface area contributed by atoms with Crippen LogP contribution in [0.2, 0.25) is 0 Å². The Labute approximate surface area is 158 Å². The summed E-state index contributed by atoms with van der Waals surface area (Å²) in [5.74, 6) is -1.53. The molecule has 2 heterocycles. The molecule has 7 nitrogen and oxygen atoms in total. The average Bonchev–Trinajstić information content (AvgIpc) is 3.26. The van der Waals surface area contributed by atoms with Crippen molar-refractivity contribution in [3.8, 4) is 0 Å². The van der Waals surface area contributed by atoms with E-state index in [4.69, 9.17) is 4.74 Å². The number of aliphatic hydroxyl groups excluding tert-OH is 1. The minimum atomic E-state index is -4.58. The maximum Gasteiger partial charge on any atom is 0.449 e. The number of carbonyl (C=O) groups is 1. The second kappa shape index (κ2) is 7.34. The van der Waals surface area contributed by atoms with Gasteiger partial charge in [0.05, 0.1) is 36.4 Å². The van der Waals surface area contributed by atoms with Gasteiger partial charge in [-0.25, -0.2) is 4.98 Å². The van der Waals surface area contributed by atoms with Crippen molar-refractivity contribution in [2.75, 3.05) is 26.3 Å². The fourth-order valence-electron chi connectivity index (χ4n) is 3.96. The Kier molecular flexibility index (Phi) is 5.02. The summed E-state index contributed by atoms with van der Waals surface area (Å²) in [5.41, 5.74) is 0.488. The van der Waals surface area contributed by atoms with E-state index in [-0.39, 0.29) is 22.6 Å². The third-order valence-electron chi connectivity index (χ3n) is 5.42. The van der Waals surface area contributed by atoms with Gasteiger partial charge in [-0.1, -0.05) is 0 Å². The number of alkyl halides is 3. The summed E-state index contributed by atoms with van der Waals surface area (Å²) < 4.78 is 43.7. The third-order valence-corrected chi connectivity index (χ3v) is 5.42. The van der Waals surface area contributed by atoms with Crippen molar-refractivity contribution in [1.82, 2.24) is 20.2 Å². The van der Waals surface area contributed by atoms with E-state index in [2.05, 4.69) is 20.2 Å². The lowest BCUT2D eigenvalue weighted by molar-refractivity contribution is -0.144. The van der Waals surface area contributed by atoms with Gasteiger partial charge in [-0.3, -0.25) is 9.69 Å². The number of nitrogens with zero attached hydrogens (tertiary/aromatic N) is 2. The minimum absolute atomic E-state index is 0.0290. The van der Waals surface area contributed by atoms with E-state index in [1.807, 2.05) is 0 Å². The number of rotatable bonds is 3. The molecule has 3 atom stereocenters. The number of morpholine rings is 1. The highest BCUT2D eigenvalue weighted by molar-refractivity contribution is 5.97. The molecule has 0 bridgehead atoms. The number of halogens is 3. The topological polar surface area (TPSA) is 90.5 Å². The second-order valence-electron chi connectivity index (χ2n) is 7.18.